The summed E-state index contributed by atoms with van der Waals surface area (Å²) >= 11 is 0. The number of methoxy groups -OCH3 is 1. The zero-order valence-electron chi connectivity index (χ0n) is 13.3. The third kappa shape index (κ3) is 5.60. The number of hydrogen-bond donors (Lipinski definition) is 3. The van der Waals surface area contributed by atoms with Crippen molar-refractivity contribution in [2.24, 2.45) is 5.92 Å². The molecule has 1 aromatic carbocycles. The molecular formula is C17H25NO4. The van der Waals surface area contributed by atoms with Crippen LogP contribution in [0.4, 0.5) is 5.69 Å². The summed E-state index contributed by atoms with van der Waals surface area (Å²) in [5.74, 6) is -0.272. The summed E-state index contributed by atoms with van der Waals surface area (Å²) in [4.78, 5) is 11.4. The van der Waals surface area contributed by atoms with Crippen molar-refractivity contribution in [3.8, 4) is 0 Å². The summed E-state index contributed by atoms with van der Waals surface area (Å²) in [5.41, 5.74) is 1.63. The maximum atomic E-state index is 11.4. The van der Waals surface area contributed by atoms with E-state index in [-0.39, 0.29) is 18.6 Å². The second-order valence-corrected chi connectivity index (χ2v) is 5.24. The first-order valence-corrected chi connectivity index (χ1v) is 7.38. The van der Waals surface area contributed by atoms with Crippen molar-refractivity contribution >= 4 is 11.6 Å². The van der Waals surface area contributed by atoms with Gasteiger partial charge in [-0.2, -0.15) is 0 Å². The van der Waals surface area contributed by atoms with Crippen LogP contribution in [0.25, 0.3) is 0 Å². The average molecular weight is 307 g/mol. The van der Waals surface area contributed by atoms with E-state index in [2.05, 4.69) is 5.32 Å². The highest BCUT2D eigenvalue weighted by Crippen LogP contribution is 2.27. The molecule has 0 aliphatic rings. The predicted molar refractivity (Wildman–Crippen MR) is 86.5 cm³/mol. The highest BCUT2D eigenvalue weighted by Gasteiger charge is 2.17. The van der Waals surface area contributed by atoms with Gasteiger partial charge in [-0.05, 0) is 31.0 Å². The van der Waals surface area contributed by atoms with Crippen molar-refractivity contribution in [2.45, 2.75) is 32.5 Å². The Kier molecular flexibility index (Phi) is 7.80. The van der Waals surface area contributed by atoms with Crippen LogP contribution in [0.3, 0.4) is 0 Å². The number of amides is 1. The number of rotatable bonds is 8. The summed E-state index contributed by atoms with van der Waals surface area (Å²) in [6, 6.07) is 7.35. The molecule has 0 bridgehead atoms. The van der Waals surface area contributed by atoms with Crippen LogP contribution in [-0.2, 0) is 9.53 Å². The highest BCUT2D eigenvalue weighted by atomic mass is 16.5. The molecule has 5 nitrogen and oxygen atoms in total. The monoisotopic (exact) mass is 307 g/mol. The van der Waals surface area contributed by atoms with Crippen LogP contribution in [0.15, 0.2) is 36.4 Å². The second kappa shape index (κ2) is 9.35. The molecule has 0 aromatic heterocycles. The van der Waals surface area contributed by atoms with E-state index in [4.69, 9.17) is 9.84 Å². The van der Waals surface area contributed by atoms with Crippen molar-refractivity contribution in [1.29, 1.82) is 0 Å². The van der Waals surface area contributed by atoms with Gasteiger partial charge in [0.05, 0.1) is 6.10 Å². The van der Waals surface area contributed by atoms with Crippen LogP contribution in [0.2, 0.25) is 0 Å². The van der Waals surface area contributed by atoms with Gasteiger partial charge in [0, 0.05) is 25.3 Å². The fourth-order valence-corrected chi connectivity index (χ4v) is 2.14. The molecule has 3 N–H and O–H groups in total. The van der Waals surface area contributed by atoms with E-state index in [9.17, 15) is 9.90 Å². The van der Waals surface area contributed by atoms with Gasteiger partial charge in [0.1, 0.15) is 6.10 Å². The molecule has 0 radical (unpaired) electrons. The molecule has 0 fully saturated rings. The first-order valence-electron chi connectivity index (χ1n) is 7.38. The summed E-state index contributed by atoms with van der Waals surface area (Å²) in [6.07, 6.45) is 3.45. The molecular weight excluding hydrogens is 282 g/mol. The van der Waals surface area contributed by atoms with Crippen LogP contribution in [0.5, 0.6) is 0 Å². The number of hydrogen-bond acceptors (Lipinski definition) is 4. The van der Waals surface area contributed by atoms with E-state index in [0.717, 1.165) is 5.56 Å². The topological polar surface area (TPSA) is 78.8 Å². The SMILES string of the molecule is CO[C@H](c1ccc(NC(=O)[C@H](C)O)cc1)[C@H](C)/C=C/CCO. The summed E-state index contributed by atoms with van der Waals surface area (Å²) in [6.45, 7) is 3.61. The lowest BCUT2D eigenvalue weighted by Crippen LogP contribution is -2.24. The molecule has 0 spiro atoms. The normalized spacial score (nSPS) is 15.5. The number of anilines is 1. The lowest BCUT2D eigenvalue weighted by atomic mass is 9.96. The van der Waals surface area contributed by atoms with Gasteiger partial charge in [0.15, 0.2) is 0 Å². The van der Waals surface area contributed by atoms with Gasteiger partial charge in [0.2, 0.25) is 0 Å². The Balaban J connectivity index is 2.76. The van der Waals surface area contributed by atoms with Crippen LogP contribution in [-0.4, -0.2) is 35.9 Å². The molecule has 3 atom stereocenters. The second-order valence-electron chi connectivity index (χ2n) is 5.24. The number of aliphatic hydroxyl groups is 2. The van der Waals surface area contributed by atoms with Crippen molar-refractivity contribution < 1.29 is 19.7 Å². The Hall–Kier alpha value is -1.69. The molecule has 22 heavy (non-hydrogen) atoms. The molecule has 5 heteroatoms. The molecule has 0 unspecified atom stereocenters. The quantitative estimate of drug-likeness (QED) is 0.644. The van der Waals surface area contributed by atoms with Crippen molar-refractivity contribution in [3.63, 3.8) is 0 Å². The molecule has 1 amide bonds. The minimum atomic E-state index is -1.04. The van der Waals surface area contributed by atoms with Crippen LogP contribution >= 0.6 is 0 Å². The predicted octanol–water partition coefficient (Wildman–Crippen LogP) is 2.27. The van der Waals surface area contributed by atoms with Crippen molar-refractivity contribution in [3.05, 3.63) is 42.0 Å². The van der Waals surface area contributed by atoms with Gasteiger partial charge in [-0.1, -0.05) is 31.2 Å². The van der Waals surface area contributed by atoms with Gasteiger partial charge in [-0.15, -0.1) is 0 Å². The van der Waals surface area contributed by atoms with Crippen molar-refractivity contribution in [1.82, 2.24) is 0 Å². The lowest BCUT2D eigenvalue weighted by molar-refractivity contribution is -0.123. The Labute approximate surface area is 131 Å². The van der Waals surface area contributed by atoms with Gasteiger partial charge < -0.3 is 20.3 Å². The van der Waals surface area contributed by atoms with Gasteiger partial charge >= 0.3 is 0 Å². The number of ether oxygens (including phenoxy) is 1. The minimum Gasteiger partial charge on any atom is -0.396 e. The molecule has 0 heterocycles. The van der Waals surface area contributed by atoms with E-state index >= 15 is 0 Å². The number of nitrogens with one attached hydrogen (secondary N) is 1. The Bertz CT molecular complexity index is 482. The Morgan fingerprint density at radius 1 is 1.32 bits per heavy atom. The fourth-order valence-electron chi connectivity index (χ4n) is 2.14. The third-order valence-corrected chi connectivity index (χ3v) is 3.35. The molecule has 1 rings (SSSR count). The number of benzene rings is 1. The maximum Gasteiger partial charge on any atom is 0.252 e. The Morgan fingerprint density at radius 3 is 2.45 bits per heavy atom. The molecule has 1 aromatic rings. The van der Waals surface area contributed by atoms with Crippen molar-refractivity contribution in [2.75, 3.05) is 19.0 Å². The summed E-state index contributed by atoms with van der Waals surface area (Å²) in [5, 5.41) is 20.6. The third-order valence-electron chi connectivity index (χ3n) is 3.35. The van der Waals surface area contributed by atoms with E-state index in [1.54, 1.807) is 19.2 Å². The number of carbonyl (C=O) groups is 1. The van der Waals surface area contributed by atoms with E-state index in [1.165, 1.54) is 6.92 Å². The minimum absolute atomic E-state index is 0.101. The zero-order valence-corrected chi connectivity index (χ0v) is 13.3. The van der Waals surface area contributed by atoms with Gasteiger partial charge in [0.25, 0.3) is 5.91 Å². The highest BCUT2D eigenvalue weighted by molar-refractivity contribution is 5.93. The maximum absolute atomic E-state index is 11.4. The lowest BCUT2D eigenvalue weighted by Gasteiger charge is -2.21. The first kappa shape index (κ1) is 18.4. The van der Waals surface area contributed by atoms with E-state index in [0.29, 0.717) is 12.1 Å². The van der Waals surface area contributed by atoms with Gasteiger partial charge in [-0.25, -0.2) is 0 Å². The first-order chi connectivity index (χ1) is 10.5. The van der Waals surface area contributed by atoms with E-state index < -0.39 is 12.0 Å². The molecule has 0 aliphatic carbocycles. The molecule has 122 valence electrons. The largest absolute Gasteiger partial charge is 0.396 e. The van der Waals surface area contributed by atoms with Crippen LogP contribution in [0, 0.1) is 5.92 Å². The van der Waals surface area contributed by atoms with Crippen LogP contribution < -0.4 is 5.32 Å². The van der Waals surface area contributed by atoms with Crippen LogP contribution in [0.1, 0.15) is 31.9 Å². The number of aliphatic hydroxyl groups excluding tert-OH is 2. The van der Waals surface area contributed by atoms with E-state index in [1.807, 2.05) is 31.2 Å². The summed E-state index contributed by atoms with van der Waals surface area (Å²) in [7, 11) is 1.66. The fraction of sp³-hybridized carbons (Fsp3) is 0.471. The Morgan fingerprint density at radius 2 is 1.95 bits per heavy atom. The average Bonchev–Trinajstić information content (AvgIpc) is 2.50. The van der Waals surface area contributed by atoms with Gasteiger partial charge in [-0.3, -0.25) is 4.79 Å². The zero-order chi connectivity index (χ0) is 16.5. The summed E-state index contributed by atoms with van der Waals surface area (Å²) < 4.78 is 5.55. The standard InChI is InChI=1S/C17H25NO4/c1-12(6-4-5-11-19)16(22-3)14-7-9-15(10-8-14)18-17(21)13(2)20/h4,6-10,12-13,16,19-20H,5,11H2,1-3H3,(H,18,21)/b6-4+/t12-,13+,16+/m1/s1. The molecule has 0 aliphatic heterocycles. The molecule has 0 saturated carbocycles. The molecule has 0 saturated heterocycles. The number of carbonyl (C=O) groups excluding carboxylic acids is 1. The smallest absolute Gasteiger partial charge is 0.252 e.